The lowest BCUT2D eigenvalue weighted by Gasteiger charge is -2.23. The molecule has 6 nitrogen and oxygen atoms in total. The first-order valence-corrected chi connectivity index (χ1v) is 9.41. The average Bonchev–Trinajstić information content (AvgIpc) is 3.10. The van der Waals surface area contributed by atoms with E-state index in [4.69, 9.17) is 10.00 Å². The molecular formula is C22H18N4O2. The Morgan fingerprint density at radius 2 is 2.14 bits per heavy atom. The summed E-state index contributed by atoms with van der Waals surface area (Å²) in [7, 11) is 0. The number of nitrogens with zero attached hydrogens (tertiary/aromatic N) is 4. The van der Waals surface area contributed by atoms with Crippen molar-refractivity contribution in [3.63, 3.8) is 0 Å². The number of benzene rings is 2. The van der Waals surface area contributed by atoms with Gasteiger partial charge in [0, 0.05) is 37.0 Å². The lowest BCUT2D eigenvalue weighted by molar-refractivity contribution is -0.131. The Balaban J connectivity index is 1.38. The first kappa shape index (κ1) is 16.7. The van der Waals surface area contributed by atoms with Crippen molar-refractivity contribution in [3.05, 3.63) is 52.5 Å². The second kappa shape index (κ2) is 6.61. The van der Waals surface area contributed by atoms with Crippen LogP contribution in [0.15, 0.2) is 46.4 Å². The van der Waals surface area contributed by atoms with E-state index in [2.05, 4.69) is 22.1 Å². The highest BCUT2D eigenvalue weighted by Crippen LogP contribution is 2.24. The van der Waals surface area contributed by atoms with Gasteiger partial charge in [-0.25, -0.2) is 0 Å². The van der Waals surface area contributed by atoms with E-state index >= 15 is 0 Å². The second-order valence-electron chi connectivity index (χ2n) is 7.26. The summed E-state index contributed by atoms with van der Waals surface area (Å²) in [5.74, 6) is 0.833. The van der Waals surface area contributed by atoms with Gasteiger partial charge in [-0.15, -0.1) is 0 Å². The van der Waals surface area contributed by atoms with Crippen LogP contribution in [0.2, 0.25) is 0 Å². The Morgan fingerprint density at radius 1 is 1.25 bits per heavy atom. The molecule has 3 heterocycles. The van der Waals surface area contributed by atoms with Crippen LogP contribution in [0.3, 0.4) is 0 Å². The molecule has 2 atom stereocenters. The minimum absolute atomic E-state index is 0.0476. The van der Waals surface area contributed by atoms with Crippen molar-refractivity contribution in [2.24, 2.45) is 9.98 Å². The Morgan fingerprint density at radius 3 is 2.86 bits per heavy atom. The molecule has 138 valence electrons. The number of nitriles is 1. The molecule has 2 aromatic rings. The van der Waals surface area contributed by atoms with E-state index in [1.807, 2.05) is 35.4 Å². The predicted molar refractivity (Wildman–Crippen MR) is 104 cm³/mol. The predicted octanol–water partition coefficient (Wildman–Crippen LogP) is 1.42. The number of hydrogen-bond acceptors (Lipinski definition) is 5. The maximum Gasteiger partial charge on any atom is 0.247 e. The third kappa shape index (κ3) is 2.85. The van der Waals surface area contributed by atoms with Gasteiger partial charge >= 0.3 is 0 Å². The van der Waals surface area contributed by atoms with Crippen molar-refractivity contribution in [2.45, 2.75) is 25.0 Å². The summed E-state index contributed by atoms with van der Waals surface area (Å²) in [6.07, 6.45) is 5.10. The van der Waals surface area contributed by atoms with Gasteiger partial charge in [-0.3, -0.25) is 14.8 Å². The third-order valence-electron chi connectivity index (χ3n) is 5.41. The monoisotopic (exact) mass is 370 g/mol. The highest BCUT2D eigenvalue weighted by Gasteiger charge is 2.33. The molecule has 1 amide bonds. The van der Waals surface area contributed by atoms with Crippen LogP contribution in [-0.4, -0.2) is 42.3 Å². The Kier molecular flexibility index (Phi) is 3.94. The number of amides is 1. The number of ether oxygens (including phenoxy) is 1. The lowest BCUT2D eigenvalue weighted by atomic mass is 10.0. The van der Waals surface area contributed by atoms with Gasteiger partial charge in [0.25, 0.3) is 0 Å². The zero-order valence-corrected chi connectivity index (χ0v) is 15.2. The van der Waals surface area contributed by atoms with Crippen molar-refractivity contribution in [1.29, 1.82) is 5.26 Å². The van der Waals surface area contributed by atoms with Crippen molar-refractivity contribution in [2.75, 3.05) is 13.1 Å². The van der Waals surface area contributed by atoms with Crippen LogP contribution in [0.25, 0.3) is 17.3 Å². The van der Waals surface area contributed by atoms with Gasteiger partial charge < -0.3 is 9.64 Å². The molecule has 28 heavy (non-hydrogen) atoms. The fourth-order valence-electron chi connectivity index (χ4n) is 3.75. The zero-order valence-electron chi connectivity index (χ0n) is 15.2. The van der Waals surface area contributed by atoms with Crippen molar-refractivity contribution >= 4 is 18.3 Å². The molecule has 0 bridgehead atoms. The maximum absolute atomic E-state index is 12.4. The average molecular weight is 370 g/mol. The Hall–Kier alpha value is -3.46. The number of aliphatic imine (C=N–C) groups is 1. The molecule has 3 aliphatic heterocycles. The number of hydrogen-bond donors (Lipinski definition) is 0. The number of carbonyl (C=O) groups is 1. The summed E-state index contributed by atoms with van der Waals surface area (Å²) in [4.78, 5) is 22.7. The molecule has 0 N–H and O–H groups in total. The third-order valence-corrected chi connectivity index (χ3v) is 5.41. The summed E-state index contributed by atoms with van der Waals surface area (Å²) >= 11 is 0. The maximum atomic E-state index is 12.4. The van der Waals surface area contributed by atoms with E-state index in [1.54, 1.807) is 12.3 Å². The Bertz CT molecular complexity index is 1160. The van der Waals surface area contributed by atoms with Crippen molar-refractivity contribution < 1.29 is 9.53 Å². The van der Waals surface area contributed by atoms with Gasteiger partial charge in [0.05, 0.1) is 18.2 Å². The van der Waals surface area contributed by atoms with Crippen molar-refractivity contribution in [1.82, 2.24) is 4.90 Å². The standard InChI is InChI=1S/C22H18N4O2/c23-11-14-2-1-3-15(8-14)16-9-17-12-25-21(17)20(10-16)28-18-5-7-26(13-18)22(27)19-4-6-24-19/h1-3,6,8-10,12,18-19H,4-5,7,13H2. The molecule has 0 aromatic heterocycles. The van der Waals surface area contributed by atoms with Gasteiger partial charge in [0.1, 0.15) is 23.3 Å². The van der Waals surface area contributed by atoms with Crippen LogP contribution in [0.1, 0.15) is 18.4 Å². The fourth-order valence-corrected chi connectivity index (χ4v) is 3.75. The topological polar surface area (TPSA) is 78.0 Å². The molecule has 5 rings (SSSR count). The molecular weight excluding hydrogens is 352 g/mol. The van der Waals surface area contributed by atoms with Crippen LogP contribution < -0.4 is 15.3 Å². The van der Waals surface area contributed by atoms with Crippen molar-refractivity contribution in [3.8, 4) is 22.9 Å². The second-order valence-corrected chi connectivity index (χ2v) is 7.26. The SMILES string of the molecule is N#Cc1cccc(-c2cc(OC3CCN(C(=O)C4CC=N4)C3)c3c(c2)=CN=3)c1. The summed E-state index contributed by atoms with van der Waals surface area (Å²) in [5.41, 5.74) is 2.59. The molecule has 1 fully saturated rings. The van der Waals surface area contributed by atoms with E-state index in [1.165, 1.54) is 0 Å². The highest BCUT2D eigenvalue weighted by atomic mass is 16.5. The minimum atomic E-state index is -0.194. The van der Waals surface area contributed by atoms with E-state index in [9.17, 15) is 4.79 Å². The summed E-state index contributed by atoms with van der Waals surface area (Å²) in [6.45, 7) is 1.28. The summed E-state index contributed by atoms with van der Waals surface area (Å²) in [6, 6.07) is 13.6. The first-order valence-electron chi connectivity index (χ1n) is 9.41. The lowest BCUT2D eigenvalue weighted by Crippen LogP contribution is -2.41. The van der Waals surface area contributed by atoms with Gasteiger partial charge in [-0.05, 0) is 35.4 Å². The minimum Gasteiger partial charge on any atom is -0.486 e. The van der Waals surface area contributed by atoms with Gasteiger partial charge in [0.2, 0.25) is 5.91 Å². The van der Waals surface area contributed by atoms with E-state index in [-0.39, 0.29) is 18.1 Å². The van der Waals surface area contributed by atoms with Gasteiger partial charge in [-0.1, -0.05) is 12.1 Å². The smallest absolute Gasteiger partial charge is 0.247 e. The van der Waals surface area contributed by atoms with Crippen LogP contribution in [-0.2, 0) is 4.79 Å². The molecule has 0 spiro atoms. The highest BCUT2D eigenvalue weighted by molar-refractivity contribution is 5.89. The van der Waals surface area contributed by atoms with E-state index < -0.39 is 0 Å². The number of carbonyl (C=O) groups excluding carboxylic acids is 1. The van der Waals surface area contributed by atoms with Crippen LogP contribution in [0.4, 0.5) is 0 Å². The van der Waals surface area contributed by atoms with E-state index in [0.717, 1.165) is 40.3 Å². The summed E-state index contributed by atoms with van der Waals surface area (Å²) in [5, 5.41) is 11.0. The molecule has 2 aromatic carbocycles. The number of fused-ring (bicyclic) bond motifs is 1. The number of likely N-dealkylation sites (tertiary alicyclic amines) is 1. The molecule has 2 unspecified atom stereocenters. The van der Waals surface area contributed by atoms with Crippen LogP contribution in [0.5, 0.6) is 5.75 Å². The molecule has 0 aliphatic carbocycles. The van der Waals surface area contributed by atoms with Crippen LogP contribution >= 0.6 is 0 Å². The molecule has 1 saturated heterocycles. The van der Waals surface area contributed by atoms with Gasteiger partial charge in [0.15, 0.2) is 0 Å². The molecule has 3 aliphatic rings. The summed E-state index contributed by atoms with van der Waals surface area (Å²) < 4.78 is 6.26. The fraction of sp³-hybridized carbons (Fsp3) is 0.273. The Labute approximate surface area is 162 Å². The van der Waals surface area contributed by atoms with Crippen LogP contribution in [0, 0.1) is 11.3 Å². The molecule has 6 heteroatoms. The van der Waals surface area contributed by atoms with E-state index in [0.29, 0.717) is 18.7 Å². The largest absolute Gasteiger partial charge is 0.486 e. The first-order chi connectivity index (χ1) is 13.7. The molecule has 0 saturated carbocycles. The molecule has 0 radical (unpaired) electrons. The quantitative estimate of drug-likeness (QED) is 0.817. The number of rotatable bonds is 4. The normalized spacial score (nSPS) is 21.5. The zero-order chi connectivity index (χ0) is 19.1. The van der Waals surface area contributed by atoms with Gasteiger partial charge in [-0.2, -0.15) is 5.26 Å².